The molecule has 2 aliphatic rings. The minimum absolute atomic E-state index is 0.159. The smallest absolute Gasteiger partial charge is 0.255 e. The first-order valence-corrected chi connectivity index (χ1v) is 9.42. The van der Waals surface area contributed by atoms with Gasteiger partial charge in [0.2, 0.25) is 11.8 Å². The molecular weight excluding hydrogens is 372 g/mol. The van der Waals surface area contributed by atoms with E-state index < -0.39 is 11.9 Å². The van der Waals surface area contributed by atoms with Crippen molar-refractivity contribution in [3.8, 4) is 0 Å². The molecule has 26 heavy (non-hydrogen) atoms. The van der Waals surface area contributed by atoms with E-state index in [1.807, 2.05) is 36.4 Å². The lowest BCUT2D eigenvalue weighted by Crippen LogP contribution is -2.52. The molecule has 1 fully saturated rings. The number of imide groups is 1. The van der Waals surface area contributed by atoms with Crippen molar-refractivity contribution in [3.63, 3.8) is 0 Å². The van der Waals surface area contributed by atoms with Crippen molar-refractivity contribution in [1.82, 2.24) is 10.2 Å². The van der Waals surface area contributed by atoms with Crippen LogP contribution >= 0.6 is 23.4 Å². The van der Waals surface area contributed by atoms with Gasteiger partial charge in [-0.15, -0.1) is 0 Å². The molecule has 1 atom stereocenters. The molecule has 1 N–H and O–H groups in total. The Morgan fingerprint density at radius 3 is 2.58 bits per heavy atom. The number of fused-ring (bicyclic) bond motifs is 1. The fourth-order valence-electron chi connectivity index (χ4n) is 3.28. The number of carbonyl (C=O) groups excluding carboxylic acids is 3. The van der Waals surface area contributed by atoms with E-state index in [-0.39, 0.29) is 18.2 Å². The number of benzene rings is 2. The van der Waals surface area contributed by atoms with Crippen LogP contribution in [0.3, 0.4) is 0 Å². The van der Waals surface area contributed by atoms with Crippen molar-refractivity contribution in [2.24, 2.45) is 0 Å². The minimum Gasteiger partial charge on any atom is -0.322 e. The summed E-state index contributed by atoms with van der Waals surface area (Å²) < 4.78 is 0. The van der Waals surface area contributed by atoms with Crippen LogP contribution in [0.1, 0.15) is 28.8 Å². The average molecular weight is 387 g/mol. The van der Waals surface area contributed by atoms with Crippen LogP contribution in [0.5, 0.6) is 0 Å². The number of amides is 3. The zero-order valence-corrected chi connectivity index (χ0v) is 15.3. The van der Waals surface area contributed by atoms with Gasteiger partial charge in [0, 0.05) is 33.3 Å². The fraction of sp³-hybridized carbons (Fsp3) is 0.211. The highest BCUT2D eigenvalue weighted by Crippen LogP contribution is 2.37. The molecule has 2 heterocycles. The number of nitrogens with zero attached hydrogens (tertiary/aromatic N) is 1. The maximum Gasteiger partial charge on any atom is 0.255 e. The van der Waals surface area contributed by atoms with Crippen LogP contribution in [0.15, 0.2) is 52.3 Å². The standard InChI is InChI=1S/C19H15ClN2O3S/c20-11-4-6-12(7-5-11)26-16-3-1-2-13-14(16)10-22(19(13)25)15-8-9-17(23)21-18(15)24/h1-7,15H,8-10H2,(H,21,23,24). The molecule has 2 aliphatic heterocycles. The van der Waals surface area contributed by atoms with Gasteiger partial charge in [-0.3, -0.25) is 19.7 Å². The van der Waals surface area contributed by atoms with E-state index >= 15 is 0 Å². The van der Waals surface area contributed by atoms with Crippen LogP contribution in [0.4, 0.5) is 0 Å². The van der Waals surface area contributed by atoms with E-state index in [1.165, 1.54) is 0 Å². The lowest BCUT2D eigenvalue weighted by Gasteiger charge is -2.29. The van der Waals surface area contributed by atoms with Crippen molar-refractivity contribution in [1.29, 1.82) is 0 Å². The lowest BCUT2D eigenvalue weighted by molar-refractivity contribution is -0.136. The Hall–Kier alpha value is -2.31. The highest BCUT2D eigenvalue weighted by molar-refractivity contribution is 7.99. The summed E-state index contributed by atoms with van der Waals surface area (Å²) in [6.45, 7) is 0.372. The summed E-state index contributed by atoms with van der Waals surface area (Å²) in [6.07, 6.45) is 0.618. The Labute approximate surface area is 159 Å². The van der Waals surface area contributed by atoms with Gasteiger partial charge in [-0.2, -0.15) is 0 Å². The van der Waals surface area contributed by atoms with Crippen molar-refractivity contribution in [3.05, 3.63) is 58.6 Å². The summed E-state index contributed by atoms with van der Waals surface area (Å²) in [7, 11) is 0. The molecule has 5 nitrogen and oxygen atoms in total. The van der Waals surface area contributed by atoms with Gasteiger partial charge in [0.15, 0.2) is 0 Å². The van der Waals surface area contributed by atoms with Crippen LogP contribution < -0.4 is 5.32 Å². The van der Waals surface area contributed by atoms with Gasteiger partial charge < -0.3 is 4.90 Å². The van der Waals surface area contributed by atoms with Crippen molar-refractivity contribution >= 4 is 41.1 Å². The molecule has 0 saturated carbocycles. The van der Waals surface area contributed by atoms with Gasteiger partial charge in [-0.1, -0.05) is 29.4 Å². The quantitative estimate of drug-likeness (QED) is 0.822. The zero-order chi connectivity index (χ0) is 18.3. The largest absolute Gasteiger partial charge is 0.322 e. The number of hydrogen-bond donors (Lipinski definition) is 1. The number of hydrogen-bond acceptors (Lipinski definition) is 4. The molecule has 2 aromatic carbocycles. The number of piperidine rings is 1. The molecule has 1 saturated heterocycles. The van der Waals surface area contributed by atoms with Gasteiger partial charge in [0.1, 0.15) is 6.04 Å². The summed E-state index contributed by atoms with van der Waals surface area (Å²) >= 11 is 7.50. The van der Waals surface area contributed by atoms with E-state index in [9.17, 15) is 14.4 Å². The Morgan fingerprint density at radius 1 is 1.08 bits per heavy atom. The van der Waals surface area contributed by atoms with Crippen molar-refractivity contribution in [2.45, 2.75) is 35.2 Å². The number of nitrogens with one attached hydrogen (secondary N) is 1. The molecule has 2 aromatic rings. The highest BCUT2D eigenvalue weighted by atomic mass is 35.5. The van der Waals surface area contributed by atoms with Gasteiger partial charge in [0.05, 0.1) is 0 Å². The number of halogens is 1. The Balaban J connectivity index is 1.61. The topological polar surface area (TPSA) is 66.5 Å². The molecule has 132 valence electrons. The molecule has 0 aliphatic carbocycles. The van der Waals surface area contributed by atoms with E-state index in [0.29, 0.717) is 23.6 Å². The molecule has 0 radical (unpaired) electrons. The molecule has 4 rings (SSSR count). The first-order chi connectivity index (χ1) is 12.5. The first kappa shape index (κ1) is 17.1. The fourth-order valence-corrected chi connectivity index (χ4v) is 4.38. The Kier molecular flexibility index (Phi) is 4.46. The molecule has 0 bridgehead atoms. The first-order valence-electron chi connectivity index (χ1n) is 8.23. The van der Waals surface area contributed by atoms with Crippen LogP contribution in [0.2, 0.25) is 5.02 Å². The van der Waals surface area contributed by atoms with Crippen molar-refractivity contribution < 1.29 is 14.4 Å². The molecule has 0 spiro atoms. The van der Waals surface area contributed by atoms with E-state index in [0.717, 1.165) is 15.4 Å². The lowest BCUT2D eigenvalue weighted by atomic mass is 10.0. The van der Waals surface area contributed by atoms with Crippen molar-refractivity contribution in [2.75, 3.05) is 0 Å². The third-order valence-corrected chi connectivity index (χ3v) is 5.94. The van der Waals surface area contributed by atoms with E-state index in [2.05, 4.69) is 5.32 Å². The summed E-state index contributed by atoms with van der Waals surface area (Å²) in [6, 6.07) is 12.5. The second-order valence-corrected chi connectivity index (χ2v) is 7.79. The highest BCUT2D eigenvalue weighted by Gasteiger charge is 2.39. The molecule has 3 amide bonds. The maximum atomic E-state index is 12.8. The molecule has 0 aromatic heterocycles. The normalized spacial score (nSPS) is 19.5. The van der Waals surface area contributed by atoms with Gasteiger partial charge in [-0.25, -0.2) is 0 Å². The summed E-state index contributed by atoms with van der Waals surface area (Å²) in [5, 5.41) is 3.00. The van der Waals surface area contributed by atoms with Crippen LogP contribution in [-0.2, 0) is 16.1 Å². The SMILES string of the molecule is O=C1CCC(N2Cc3c(Sc4ccc(Cl)cc4)cccc3C2=O)C(=O)N1. The molecular formula is C19H15ClN2O3S. The summed E-state index contributed by atoms with van der Waals surface area (Å²) in [5.74, 6) is -0.836. The molecule has 1 unspecified atom stereocenters. The Morgan fingerprint density at radius 2 is 1.85 bits per heavy atom. The monoisotopic (exact) mass is 386 g/mol. The van der Waals surface area contributed by atoms with E-state index in [1.54, 1.807) is 22.7 Å². The third kappa shape index (κ3) is 3.10. The maximum absolute atomic E-state index is 12.8. The van der Waals surface area contributed by atoms with Crippen LogP contribution in [0.25, 0.3) is 0 Å². The predicted octanol–water partition coefficient (Wildman–Crippen LogP) is 3.25. The third-order valence-electron chi connectivity index (χ3n) is 4.58. The molecule has 7 heteroatoms. The van der Waals surface area contributed by atoms with E-state index in [4.69, 9.17) is 11.6 Å². The van der Waals surface area contributed by atoms with Crippen LogP contribution in [0, 0.1) is 0 Å². The van der Waals surface area contributed by atoms with Crippen LogP contribution in [-0.4, -0.2) is 28.7 Å². The second-order valence-electron chi connectivity index (χ2n) is 6.24. The zero-order valence-electron chi connectivity index (χ0n) is 13.7. The number of rotatable bonds is 3. The predicted molar refractivity (Wildman–Crippen MR) is 98.1 cm³/mol. The second kappa shape index (κ2) is 6.78. The summed E-state index contributed by atoms with van der Waals surface area (Å²) in [5.41, 5.74) is 1.54. The van der Waals surface area contributed by atoms with Gasteiger partial charge >= 0.3 is 0 Å². The summed E-state index contributed by atoms with van der Waals surface area (Å²) in [4.78, 5) is 39.9. The van der Waals surface area contributed by atoms with Gasteiger partial charge in [0.25, 0.3) is 5.91 Å². The minimum atomic E-state index is -0.596. The average Bonchev–Trinajstić information content (AvgIpc) is 2.95. The number of carbonyl (C=O) groups is 3. The Bertz CT molecular complexity index is 914. The van der Waals surface area contributed by atoms with Gasteiger partial charge in [-0.05, 0) is 48.4 Å².